The van der Waals surface area contributed by atoms with Gasteiger partial charge in [-0.25, -0.2) is 12.7 Å². The number of nitrogens with zero attached hydrogens (tertiary/aromatic N) is 2. The Morgan fingerprint density at radius 3 is 2.37 bits per heavy atom. The quantitative estimate of drug-likeness (QED) is 0.557. The fraction of sp³-hybridized carbons (Fsp3) is 0.381. The molecule has 0 atom stereocenters. The molecule has 0 aromatic heterocycles. The Bertz CT molecular complexity index is 1040. The summed E-state index contributed by atoms with van der Waals surface area (Å²) in [6, 6.07) is 11.9. The first kappa shape index (κ1) is 21.9. The van der Waals surface area contributed by atoms with Crippen molar-refractivity contribution in [1.29, 1.82) is 0 Å². The minimum Gasteiger partial charge on any atom is -0.325 e. The summed E-state index contributed by atoms with van der Waals surface area (Å²) in [7, 11) is -3.45. The number of benzene rings is 2. The van der Waals surface area contributed by atoms with Gasteiger partial charge in [0.05, 0.1) is 21.9 Å². The minimum atomic E-state index is -3.45. The highest BCUT2D eigenvalue weighted by Crippen LogP contribution is 2.27. The second-order valence-corrected chi connectivity index (χ2v) is 9.58. The lowest BCUT2D eigenvalue weighted by Gasteiger charge is -2.30. The van der Waals surface area contributed by atoms with E-state index in [1.165, 1.54) is 16.4 Å². The lowest BCUT2D eigenvalue weighted by atomic mass is 9.97. The van der Waals surface area contributed by atoms with Gasteiger partial charge in [-0.1, -0.05) is 35.9 Å². The third kappa shape index (κ3) is 5.03. The van der Waals surface area contributed by atoms with Gasteiger partial charge in [0.15, 0.2) is 0 Å². The van der Waals surface area contributed by atoms with E-state index in [4.69, 9.17) is 0 Å². The van der Waals surface area contributed by atoms with Gasteiger partial charge < -0.3 is 5.32 Å². The molecule has 160 valence electrons. The van der Waals surface area contributed by atoms with E-state index >= 15 is 0 Å². The van der Waals surface area contributed by atoms with Crippen molar-refractivity contribution >= 4 is 27.3 Å². The van der Waals surface area contributed by atoms with Crippen LogP contribution in [0, 0.1) is 29.9 Å². The molecule has 2 aromatic carbocycles. The smallest absolute Gasteiger partial charge is 0.274 e. The molecule has 1 amide bonds. The van der Waals surface area contributed by atoms with Gasteiger partial charge in [-0.3, -0.25) is 14.9 Å². The van der Waals surface area contributed by atoms with E-state index in [9.17, 15) is 23.3 Å². The third-order valence-corrected chi connectivity index (χ3v) is 7.30. The number of rotatable bonds is 6. The number of carbonyl (C=O) groups excluding carboxylic acids is 1. The Balaban J connectivity index is 1.60. The van der Waals surface area contributed by atoms with Crippen molar-refractivity contribution in [3.05, 3.63) is 69.3 Å². The molecular weight excluding hydrogens is 406 g/mol. The van der Waals surface area contributed by atoms with Crippen LogP contribution >= 0.6 is 0 Å². The van der Waals surface area contributed by atoms with Crippen molar-refractivity contribution in [3.8, 4) is 0 Å². The number of carbonyl (C=O) groups is 1. The number of sulfonamides is 1. The molecule has 0 aliphatic carbocycles. The Kier molecular flexibility index (Phi) is 6.52. The van der Waals surface area contributed by atoms with Crippen molar-refractivity contribution in [2.45, 2.75) is 32.4 Å². The molecule has 1 aliphatic heterocycles. The molecule has 1 fully saturated rings. The highest BCUT2D eigenvalue weighted by atomic mass is 32.2. The number of anilines is 1. The molecule has 0 spiro atoms. The predicted octanol–water partition coefficient (Wildman–Crippen LogP) is 3.39. The van der Waals surface area contributed by atoms with Crippen LogP contribution in [-0.2, 0) is 20.6 Å². The number of amides is 1. The maximum absolute atomic E-state index is 12.7. The Hall–Kier alpha value is -2.78. The molecule has 8 nitrogen and oxygen atoms in total. The van der Waals surface area contributed by atoms with Crippen LogP contribution in [0.15, 0.2) is 42.5 Å². The standard InChI is InChI=1S/C21H25N3O5S/c1-15-6-8-17(9-7-15)14-30(28,29)23-12-10-18(11-13-23)21(25)22-19-4-3-5-20(16(19)2)24(26)27/h3-9,18H,10-14H2,1-2H3,(H,22,25). The maximum atomic E-state index is 12.7. The monoisotopic (exact) mass is 431 g/mol. The molecule has 30 heavy (non-hydrogen) atoms. The number of hydrogen-bond donors (Lipinski definition) is 1. The summed E-state index contributed by atoms with van der Waals surface area (Å²) < 4.78 is 26.9. The molecule has 2 aromatic rings. The minimum absolute atomic E-state index is 0.0511. The fourth-order valence-electron chi connectivity index (χ4n) is 3.57. The fourth-order valence-corrected chi connectivity index (χ4v) is 5.14. The first-order valence-corrected chi connectivity index (χ1v) is 11.4. The number of hydrogen-bond acceptors (Lipinski definition) is 5. The molecule has 0 saturated carbocycles. The normalized spacial score (nSPS) is 15.7. The zero-order chi connectivity index (χ0) is 21.9. The zero-order valence-electron chi connectivity index (χ0n) is 17.0. The van der Waals surface area contributed by atoms with E-state index in [1.807, 2.05) is 31.2 Å². The van der Waals surface area contributed by atoms with Crippen molar-refractivity contribution in [2.75, 3.05) is 18.4 Å². The van der Waals surface area contributed by atoms with Gasteiger partial charge in [-0.15, -0.1) is 0 Å². The van der Waals surface area contributed by atoms with Crippen LogP contribution in [0.25, 0.3) is 0 Å². The molecule has 1 heterocycles. The lowest BCUT2D eigenvalue weighted by Crippen LogP contribution is -2.41. The summed E-state index contributed by atoms with van der Waals surface area (Å²) in [5, 5.41) is 13.8. The summed E-state index contributed by atoms with van der Waals surface area (Å²) in [6.07, 6.45) is 0.819. The van der Waals surface area contributed by atoms with Crippen molar-refractivity contribution in [2.24, 2.45) is 5.92 Å². The average molecular weight is 432 g/mol. The van der Waals surface area contributed by atoms with Gasteiger partial charge >= 0.3 is 0 Å². The van der Waals surface area contributed by atoms with E-state index in [1.54, 1.807) is 13.0 Å². The second kappa shape index (κ2) is 8.93. The molecule has 0 radical (unpaired) electrons. The zero-order valence-corrected chi connectivity index (χ0v) is 17.8. The Morgan fingerprint density at radius 2 is 1.77 bits per heavy atom. The van der Waals surface area contributed by atoms with Crippen LogP contribution in [0.4, 0.5) is 11.4 Å². The Labute approximate surface area is 176 Å². The van der Waals surface area contributed by atoms with Crippen LogP contribution in [-0.4, -0.2) is 36.6 Å². The summed E-state index contributed by atoms with van der Waals surface area (Å²) in [5.74, 6) is -0.638. The van der Waals surface area contributed by atoms with E-state index < -0.39 is 14.9 Å². The van der Waals surface area contributed by atoms with Gasteiger partial charge in [0, 0.05) is 25.1 Å². The first-order chi connectivity index (χ1) is 14.2. The molecule has 1 saturated heterocycles. The van der Waals surface area contributed by atoms with Gasteiger partial charge in [0.25, 0.3) is 5.69 Å². The van der Waals surface area contributed by atoms with Crippen LogP contribution in [0.2, 0.25) is 0 Å². The molecule has 1 N–H and O–H groups in total. The first-order valence-electron chi connectivity index (χ1n) is 9.75. The number of nitrogens with one attached hydrogen (secondary N) is 1. The highest BCUT2D eigenvalue weighted by Gasteiger charge is 2.31. The Morgan fingerprint density at radius 1 is 1.13 bits per heavy atom. The number of aryl methyl sites for hydroxylation is 1. The largest absolute Gasteiger partial charge is 0.325 e. The second-order valence-electron chi connectivity index (χ2n) is 7.61. The SMILES string of the molecule is Cc1ccc(CS(=O)(=O)N2CCC(C(=O)Nc3cccc([N+](=O)[O-])c3C)CC2)cc1. The van der Waals surface area contributed by atoms with Gasteiger partial charge in [-0.2, -0.15) is 0 Å². The maximum Gasteiger partial charge on any atom is 0.274 e. The van der Waals surface area contributed by atoms with Crippen LogP contribution < -0.4 is 5.32 Å². The van der Waals surface area contributed by atoms with Crippen LogP contribution in [0.3, 0.4) is 0 Å². The number of nitro benzene ring substituents is 1. The van der Waals surface area contributed by atoms with Gasteiger partial charge in [-0.05, 0) is 38.3 Å². The number of nitro groups is 1. The summed E-state index contributed by atoms with van der Waals surface area (Å²) >= 11 is 0. The number of piperidine rings is 1. The molecule has 0 unspecified atom stereocenters. The molecule has 1 aliphatic rings. The lowest BCUT2D eigenvalue weighted by molar-refractivity contribution is -0.385. The van der Waals surface area contributed by atoms with Crippen molar-refractivity contribution in [1.82, 2.24) is 4.31 Å². The van der Waals surface area contributed by atoms with Gasteiger partial charge in [0.1, 0.15) is 0 Å². The molecular formula is C21H25N3O5S. The van der Waals surface area contributed by atoms with Gasteiger partial charge in [0.2, 0.25) is 15.9 Å². The van der Waals surface area contributed by atoms with Crippen LogP contribution in [0.5, 0.6) is 0 Å². The average Bonchev–Trinajstić information content (AvgIpc) is 2.71. The summed E-state index contributed by atoms with van der Waals surface area (Å²) in [5.41, 5.74) is 2.56. The van der Waals surface area contributed by atoms with Crippen LogP contribution in [0.1, 0.15) is 29.5 Å². The van der Waals surface area contributed by atoms with Crippen molar-refractivity contribution in [3.63, 3.8) is 0 Å². The highest BCUT2D eigenvalue weighted by molar-refractivity contribution is 7.88. The molecule has 0 bridgehead atoms. The van der Waals surface area contributed by atoms with E-state index in [-0.39, 0.29) is 36.4 Å². The predicted molar refractivity (Wildman–Crippen MR) is 115 cm³/mol. The topological polar surface area (TPSA) is 110 Å². The summed E-state index contributed by atoms with van der Waals surface area (Å²) in [6.45, 7) is 4.09. The van der Waals surface area contributed by atoms with Crippen molar-refractivity contribution < 1.29 is 18.1 Å². The molecule has 3 rings (SSSR count). The third-order valence-electron chi connectivity index (χ3n) is 5.45. The summed E-state index contributed by atoms with van der Waals surface area (Å²) in [4.78, 5) is 23.2. The van der Waals surface area contributed by atoms with E-state index in [0.717, 1.165) is 11.1 Å². The van der Waals surface area contributed by atoms with E-state index in [2.05, 4.69) is 5.32 Å². The van der Waals surface area contributed by atoms with E-state index in [0.29, 0.717) is 24.1 Å². The molecule has 9 heteroatoms.